The van der Waals surface area contributed by atoms with Crippen molar-refractivity contribution in [2.24, 2.45) is 5.41 Å². The third-order valence-corrected chi connectivity index (χ3v) is 3.02. The highest BCUT2D eigenvalue weighted by atomic mass is 35.5. The van der Waals surface area contributed by atoms with Gasteiger partial charge in [0.05, 0.1) is 0 Å². The summed E-state index contributed by atoms with van der Waals surface area (Å²) < 4.78 is 25.9. The smallest absolute Gasteiger partial charge is 0.130 e. The van der Waals surface area contributed by atoms with Gasteiger partial charge in [0, 0.05) is 30.6 Å². The molecule has 0 spiro atoms. The van der Waals surface area contributed by atoms with Gasteiger partial charge in [-0.05, 0) is 11.5 Å². The van der Waals surface area contributed by atoms with E-state index in [1.165, 1.54) is 12.1 Å². The van der Waals surface area contributed by atoms with Crippen LogP contribution in [0.4, 0.5) is 8.78 Å². The summed E-state index contributed by atoms with van der Waals surface area (Å²) >= 11 is 5.76. The average Bonchev–Trinajstić information content (AvgIpc) is 2.21. The first-order valence-electron chi connectivity index (χ1n) is 5.15. The number of rotatable bonds is 5. The molecule has 16 heavy (non-hydrogen) atoms. The third-order valence-electron chi connectivity index (χ3n) is 2.30. The van der Waals surface area contributed by atoms with Crippen molar-refractivity contribution >= 4 is 11.6 Å². The molecule has 1 nitrogen and oxygen atoms in total. The first-order valence-corrected chi connectivity index (χ1v) is 5.69. The van der Waals surface area contributed by atoms with Crippen molar-refractivity contribution in [2.75, 3.05) is 12.4 Å². The van der Waals surface area contributed by atoms with Crippen LogP contribution >= 0.6 is 11.6 Å². The summed E-state index contributed by atoms with van der Waals surface area (Å²) in [6, 6.07) is 3.60. The van der Waals surface area contributed by atoms with Gasteiger partial charge in [-0.25, -0.2) is 8.78 Å². The second kappa shape index (κ2) is 5.60. The summed E-state index contributed by atoms with van der Waals surface area (Å²) in [5, 5.41) is 3.11. The number of hydrogen-bond acceptors (Lipinski definition) is 1. The largest absolute Gasteiger partial charge is 0.312 e. The van der Waals surface area contributed by atoms with Gasteiger partial charge in [-0.3, -0.25) is 0 Å². The molecular weight excluding hydrogens is 232 g/mol. The molecule has 4 heteroatoms. The van der Waals surface area contributed by atoms with Gasteiger partial charge in [0.25, 0.3) is 0 Å². The predicted molar refractivity (Wildman–Crippen MR) is 62.6 cm³/mol. The lowest BCUT2D eigenvalue weighted by Crippen LogP contribution is -2.30. The molecule has 0 aromatic heterocycles. The third kappa shape index (κ3) is 4.06. The van der Waals surface area contributed by atoms with Crippen LogP contribution in [-0.4, -0.2) is 12.4 Å². The van der Waals surface area contributed by atoms with Crippen LogP contribution in [0.1, 0.15) is 19.4 Å². The van der Waals surface area contributed by atoms with Crippen molar-refractivity contribution < 1.29 is 8.78 Å². The Balaban J connectivity index is 2.49. The molecule has 0 radical (unpaired) electrons. The molecule has 90 valence electrons. The first-order chi connectivity index (χ1) is 7.44. The lowest BCUT2D eigenvalue weighted by Gasteiger charge is -2.21. The molecule has 0 aliphatic heterocycles. The van der Waals surface area contributed by atoms with E-state index in [0.717, 1.165) is 6.07 Å². The van der Waals surface area contributed by atoms with Gasteiger partial charge >= 0.3 is 0 Å². The molecule has 0 fully saturated rings. The van der Waals surface area contributed by atoms with Gasteiger partial charge < -0.3 is 5.32 Å². The van der Waals surface area contributed by atoms with Crippen LogP contribution < -0.4 is 5.32 Å². The fourth-order valence-corrected chi connectivity index (χ4v) is 1.34. The Hall–Kier alpha value is -0.670. The number of nitrogens with one attached hydrogen (secondary N) is 1. The van der Waals surface area contributed by atoms with Crippen molar-refractivity contribution in [2.45, 2.75) is 20.4 Å². The first kappa shape index (κ1) is 13.4. The molecule has 0 aliphatic rings. The zero-order valence-corrected chi connectivity index (χ0v) is 10.2. The second-order valence-electron chi connectivity index (χ2n) is 4.64. The minimum absolute atomic E-state index is 0.0297. The molecular formula is C12H16ClF2N. The standard InChI is InChI=1S/C12H16ClF2N/c1-12(2,7-13)8-16-6-9-3-4-10(14)5-11(9)15/h3-5,16H,6-8H2,1-2H3. The van der Waals surface area contributed by atoms with Crippen molar-refractivity contribution in [3.05, 3.63) is 35.4 Å². The van der Waals surface area contributed by atoms with Crippen LogP contribution in [0.3, 0.4) is 0 Å². The zero-order chi connectivity index (χ0) is 12.2. The Bertz CT molecular complexity index is 353. The lowest BCUT2D eigenvalue weighted by atomic mass is 9.96. The van der Waals surface area contributed by atoms with Crippen LogP contribution in [0.5, 0.6) is 0 Å². The zero-order valence-electron chi connectivity index (χ0n) is 9.49. The summed E-state index contributed by atoms with van der Waals surface area (Å²) in [6.07, 6.45) is 0. The summed E-state index contributed by atoms with van der Waals surface area (Å²) in [5.41, 5.74) is 0.435. The molecule has 1 aromatic rings. The lowest BCUT2D eigenvalue weighted by molar-refractivity contribution is 0.383. The molecule has 1 N–H and O–H groups in total. The highest BCUT2D eigenvalue weighted by molar-refractivity contribution is 6.18. The van der Waals surface area contributed by atoms with E-state index in [0.29, 0.717) is 24.5 Å². The van der Waals surface area contributed by atoms with Crippen LogP contribution in [0.25, 0.3) is 0 Å². The highest BCUT2D eigenvalue weighted by Crippen LogP contribution is 2.16. The van der Waals surface area contributed by atoms with Gasteiger partial charge in [-0.15, -0.1) is 11.6 Å². The average molecular weight is 248 g/mol. The molecule has 0 bridgehead atoms. The minimum Gasteiger partial charge on any atom is -0.312 e. The monoisotopic (exact) mass is 247 g/mol. The van der Waals surface area contributed by atoms with Gasteiger partial charge in [0.1, 0.15) is 11.6 Å². The molecule has 0 heterocycles. The molecule has 0 unspecified atom stereocenters. The second-order valence-corrected chi connectivity index (χ2v) is 4.90. The van der Waals surface area contributed by atoms with Crippen LogP contribution in [-0.2, 0) is 6.54 Å². The van der Waals surface area contributed by atoms with E-state index in [9.17, 15) is 8.78 Å². The number of halogens is 3. The quantitative estimate of drug-likeness (QED) is 0.787. The fraction of sp³-hybridized carbons (Fsp3) is 0.500. The maximum atomic E-state index is 13.2. The van der Waals surface area contributed by atoms with Crippen molar-refractivity contribution in [3.8, 4) is 0 Å². The molecule has 0 amide bonds. The SMILES string of the molecule is CC(C)(CCl)CNCc1ccc(F)cc1F. The normalized spacial score (nSPS) is 11.8. The highest BCUT2D eigenvalue weighted by Gasteiger charge is 2.15. The van der Waals surface area contributed by atoms with Gasteiger partial charge in [0.2, 0.25) is 0 Å². The number of alkyl halides is 1. The van der Waals surface area contributed by atoms with Crippen LogP contribution in [0.15, 0.2) is 18.2 Å². The Morgan fingerprint density at radius 2 is 2.00 bits per heavy atom. The van der Waals surface area contributed by atoms with Gasteiger partial charge in [-0.1, -0.05) is 19.9 Å². The molecule has 0 saturated carbocycles. The Labute approximate surface area is 99.8 Å². The maximum Gasteiger partial charge on any atom is 0.130 e. The fourth-order valence-electron chi connectivity index (χ4n) is 1.25. The summed E-state index contributed by atoms with van der Waals surface area (Å²) in [7, 11) is 0. The van der Waals surface area contributed by atoms with Crippen molar-refractivity contribution in [1.82, 2.24) is 5.32 Å². The Kier molecular flexibility index (Phi) is 4.69. The Morgan fingerprint density at radius 1 is 1.31 bits per heavy atom. The number of hydrogen-bond donors (Lipinski definition) is 1. The molecule has 1 rings (SSSR count). The van der Waals surface area contributed by atoms with Crippen molar-refractivity contribution in [1.29, 1.82) is 0 Å². The van der Waals surface area contributed by atoms with E-state index >= 15 is 0 Å². The minimum atomic E-state index is -0.553. The van der Waals surface area contributed by atoms with Gasteiger partial charge in [-0.2, -0.15) is 0 Å². The summed E-state index contributed by atoms with van der Waals surface area (Å²) in [5.74, 6) is -0.537. The summed E-state index contributed by atoms with van der Waals surface area (Å²) in [6.45, 7) is 5.11. The van der Waals surface area contributed by atoms with E-state index in [-0.39, 0.29) is 5.41 Å². The molecule has 0 atom stereocenters. The van der Waals surface area contributed by atoms with E-state index < -0.39 is 11.6 Å². The van der Waals surface area contributed by atoms with Crippen LogP contribution in [0, 0.1) is 17.0 Å². The van der Waals surface area contributed by atoms with Crippen molar-refractivity contribution in [3.63, 3.8) is 0 Å². The van der Waals surface area contributed by atoms with E-state index in [4.69, 9.17) is 11.6 Å². The molecule has 0 aliphatic carbocycles. The molecule has 1 aromatic carbocycles. The van der Waals surface area contributed by atoms with Crippen LogP contribution in [0.2, 0.25) is 0 Å². The molecule has 0 saturated heterocycles. The summed E-state index contributed by atoms with van der Waals surface area (Å²) in [4.78, 5) is 0. The number of benzene rings is 1. The van der Waals surface area contributed by atoms with E-state index in [2.05, 4.69) is 5.32 Å². The maximum absolute atomic E-state index is 13.2. The van der Waals surface area contributed by atoms with Gasteiger partial charge in [0.15, 0.2) is 0 Å². The van der Waals surface area contributed by atoms with E-state index in [1.54, 1.807) is 0 Å². The topological polar surface area (TPSA) is 12.0 Å². The van der Waals surface area contributed by atoms with E-state index in [1.807, 2.05) is 13.8 Å². The predicted octanol–water partition coefficient (Wildman–Crippen LogP) is 3.32. The Morgan fingerprint density at radius 3 is 2.56 bits per heavy atom.